The van der Waals surface area contributed by atoms with Gasteiger partial charge in [0, 0.05) is 16.7 Å². The van der Waals surface area contributed by atoms with Gasteiger partial charge in [0.05, 0.1) is 16.8 Å². The van der Waals surface area contributed by atoms with Crippen LogP contribution in [0, 0.1) is 0 Å². The van der Waals surface area contributed by atoms with Crippen LogP contribution in [0.5, 0.6) is 0 Å². The Kier molecular flexibility index (Phi) is 8.11. The van der Waals surface area contributed by atoms with Crippen molar-refractivity contribution in [3.63, 3.8) is 0 Å². The Hall–Kier alpha value is -7.94. The van der Waals surface area contributed by atoms with Crippen molar-refractivity contribution in [3.05, 3.63) is 253 Å². The minimum atomic E-state index is -0.434. The van der Waals surface area contributed by atoms with Crippen molar-refractivity contribution in [2.45, 2.75) is 5.41 Å². The number of benzene rings is 10. The van der Waals surface area contributed by atoms with Crippen LogP contribution in [-0.2, 0) is 5.41 Å². The van der Waals surface area contributed by atoms with Crippen LogP contribution in [-0.4, -0.2) is 9.97 Å². The van der Waals surface area contributed by atoms with E-state index in [1.807, 2.05) is 0 Å². The van der Waals surface area contributed by atoms with Crippen LogP contribution in [0.4, 0.5) is 0 Å². The Morgan fingerprint density at radius 1 is 0.279 bits per heavy atom. The van der Waals surface area contributed by atoms with Crippen LogP contribution in [0.25, 0.3) is 88.5 Å². The number of nitrogens with zero attached hydrogens (tertiary/aromatic N) is 2. The maximum Gasteiger partial charge on any atom is 0.161 e. The molecule has 0 saturated heterocycles. The second kappa shape index (κ2) is 14.1. The molecule has 1 aliphatic rings. The first kappa shape index (κ1) is 35.0. The Balaban J connectivity index is 1.05. The third-order valence-corrected chi connectivity index (χ3v) is 12.8. The number of rotatable bonds is 6. The second-order valence-corrected chi connectivity index (χ2v) is 16.0. The van der Waals surface area contributed by atoms with E-state index in [0.29, 0.717) is 5.82 Å². The molecule has 12 rings (SSSR count). The summed E-state index contributed by atoms with van der Waals surface area (Å²) in [7, 11) is 0. The molecule has 0 aliphatic heterocycles. The summed E-state index contributed by atoms with van der Waals surface area (Å²) in [6.07, 6.45) is 0. The molecule has 0 spiro atoms. The first-order valence-corrected chi connectivity index (χ1v) is 21.0. The number of hydrogen-bond acceptors (Lipinski definition) is 2. The molecule has 0 N–H and O–H groups in total. The van der Waals surface area contributed by atoms with E-state index in [2.05, 4.69) is 231 Å². The summed E-state index contributed by atoms with van der Waals surface area (Å²) in [5.41, 5.74) is 14.6. The summed E-state index contributed by atoms with van der Waals surface area (Å²) in [4.78, 5) is 10.7. The van der Waals surface area contributed by atoms with Gasteiger partial charge >= 0.3 is 0 Å². The van der Waals surface area contributed by atoms with Gasteiger partial charge in [0.2, 0.25) is 0 Å². The predicted octanol–water partition coefficient (Wildman–Crippen LogP) is 15.0. The van der Waals surface area contributed by atoms with Crippen molar-refractivity contribution >= 4 is 32.3 Å². The Bertz CT molecular complexity index is 3430. The lowest BCUT2D eigenvalue weighted by Gasteiger charge is -2.33. The zero-order chi connectivity index (χ0) is 40.3. The molecule has 1 aromatic heterocycles. The lowest BCUT2D eigenvalue weighted by molar-refractivity contribution is 0.768. The molecule has 2 heteroatoms. The zero-order valence-electron chi connectivity index (χ0n) is 33.3. The Labute approximate surface area is 355 Å². The SMILES string of the molecule is c1ccc(C2(c3ccccc3)c3ccccc3-c3cc(-c4ccc(-c5cc(-c6ccc7ccccc7c6)nc(-c6cccc7ccccc67)n5)c5ccccc45)ccc32)cc1. The highest BCUT2D eigenvalue weighted by molar-refractivity contribution is 6.06. The largest absolute Gasteiger partial charge is 0.228 e. The molecule has 0 amide bonds. The normalized spacial score (nSPS) is 12.7. The molecule has 11 aromatic rings. The van der Waals surface area contributed by atoms with Gasteiger partial charge in [0.25, 0.3) is 0 Å². The van der Waals surface area contributed by atoms with E-state index in [1.54, 1.807) is 0 Å². The minimum absolute atomic E-state index is 0.434. The average molecular weight is 775 g/mol. The number of fused-ring (bicyclic) bond motifs is 6. The van der Waals surface area contributed by atoms with E-state index in [4.69, 9.17) is 9.97 Å². The van der Waals surface area contributed by atoms with Crippen molar-refractivity contribution in [1.82, 2.24) is 9.97 Å². The predicted molar refractivity (Wildman–Crippen MR) is 254 cm³/mol. The van der Waals surface area contributed by atoms with E-state index in [1.165, 1.54) is 60.7 Å². The zero-order valence-corrected chi connectivity index (χ0v) is 33.3. The van der Waals surface area contributed by atoms with Crippen molar-refractivity contribution in [2.75, 3.05) is 0 Å². The van der Waals surface area contributed by atoms with E-state index in [-0.39, 0.29) is 0 Å². The molecule has 61 heavy (non-hydrogen) atoms. The van der Waals surface area contributed by atoms with Crippen LogP contribution in [0.2, 0.25) is 0 Å². The third-order valence-electron chi connectivity index (χ3n) is 12.8. The molecule has 10 aromatic carbocycles. The van der Waals surface area contributed by atoms with Gasteiger partial charge in [-0.25, -0.2) is 9.97 Å². The molecule has 0 bridgehead atoms. The van der Waals surface area contributed by atoms with Gasteiger partial charge in [-0.3, -0.25) is 0 Å². The molecule has 1 aliphatic carbocycles. The van der Waals surface area contributed by atoms with Crippen molar-refractivity contribution < 1.29 is 0 Å². The highest BCUT2D eigenvalue weighted by Gasteiger charge is 2.46. The van der Waals surface area contributed by atoms with Crippen LogP contribution in [0.1, 0.15) is 22.3 Å². The summed E-state index contributed by atoms with van der Waals surface area (Å²) in [5.74, 6) is 0.711. The standard InChI is InChI=1S/C59H38N2/c1-3-20-44(21-4-1)59(45-22-5-2-6-23-45)54-29-14-13-27-50(54)53-37-42(32-35-55(53)59)47-33-34-51(49-26-12-11-25-48(47)49)57-38-56(43-31-30-39-16-7-8-18-41(39)36-43)60-58(61-57)52-28-15-19-40-17-9-10-24-46(40)52/h1-38H. The highest BCUT2D eigenvalue weighted by Crippen LogP contribution is 2.57. The van der Waals surface area contributed by atoms with Gasteiger partial charge in [-0.2, -0.15) is 0 Å². The summed E-state index contributed by atoms with van der Waals surface area (Å²) >= 11 is 0. The van der Waals surface area contributed by atoms with Crippen molar-refractivity contribution in [1.29, 1.82) is 0 Å². The summed E-state index contributed by atoms with van der Waals surface area (Å²) < 4.78 is 0. The highest BCUT2D eigenvalue weighted by atomic mass is 14.9. The molecule has 0 fully saturated rings. The first-order valence-electron chi connectivity index (χ1n) is 21.0. The first-order chi connectivity index (χ1) is 30.2. The fourth-order valence-electron chi connectivity index (χ4n) is 10.0. The van der Waals surface area contributed by atoms with Crippen molar-refractivity contribution in [3.8, 4) is 56.2 Å². The van der Waals surface area contributed by atoms with Crippen LogP contribution < -0.4 is 0 Å². The number of aromatic nitrogens is 2. The van der Waals surface area contributed by atoms with E-state index in [9.17, 15) is 0 Å². The van der Waals surface area contributed by atoms with Crippen LogP contribution in [0.3, 0.4) is 0 Å². The van der Waals surface area contributed by atoms with Crippen LogP contribution in [0.15, 0.2) is 231 Å². The topological polar surface area (TPSA) is 25.8 Å². The minimum Gasteiger partial charge on any atom is -0.228 e. The maximum atomic E-state index is 5.40. The molecule has 0 saturated carbocycles. The fraction of sp³-hybridized carbons (Fsp3) is 0.0169. The second-order valence-electron chi connectivity index (χ2n) is 16.0. The summed E-state index contributed by atoms with van der Waals surface area (Å²) in [5, 5.41) is 7.02. The molecule has 0 atom stereocenters. The molecule has 2 nitrogen and oxygen atoms in total. The quantitative estimate of drug-likeness (QED) is 0.168. The van der Waals surface area contributed by atoms with Gasteiger partial charge in [-0.05, 0) is 95.0 Å². The summed E-state index contributed by atoms with van der Waals surface area (Å²) in [6, 6.07) is 83.6. The third kappa shape index (κ3) is 5.57. The van der Waals surface area contributed by atoms with Gasteiger partial charge in [-0.1, -0.05) is 212 Å². The number of hydrogen-bond donors (Lipinski definition) is 0. The smallest absolute Gasteiger partial charge is 0.161 e. The van der Waals surface area contributed by atoms with Gasteiger partial charge in [0.1, 0.15) is 0 Å². The lowest BCUT2D eigenvalue weighted by atomic mass is 9.67. The molecule has 0 radical (unpaired) electrons. The Morgan fingerprint density at radius 3 is 1.62 bits per heavy atom. The van der Waals surface area contributed by atoms with E-state index in [0.717, 1.165) is 44.2 Å². The molecular formula is C59H38N2. The lowest BCUT2D eigenvalue weighted by Crippen LogP contribution is -2.28. The Morgan fingerprint density at radius 2 is 0.836 bits per heavy atom. The average Bonchev–Trinajstić information content (AvgIpc) is 3.64. The van der Waals surface area contributed by atoms with Gasteiger partial charge in [0.15, 0.2) is 5.82 Å². The maximum absolute atomic E-state index is 5.40. The van der Waals surface area contributed by atoms with Gasteiger partial charge < -0.3 is 0 Å². The fourth-order valence-corrected chi connectivity index (χ4v) is 10.0. The van der Waals surface area contributed by atoms with Crippen molar-refractivity contribution in [2.24, 2.45) is 0 Å². The van der Waals surface area contributed by atoms with Crippen LogP contribution >= 0.6 is 0 Å². The molecule has 0 unspecified atom stereocenters. The van der Waals surface area contributed by atoms with Gasteiger partial charge in [-0.15, -0.1) is 0 Å². The molecular weight excluding hydrogens is 737 g/mol. The van der Waals surface area contributed by atoms with E-state index >= 15 is 0 Å². The molecule has 284 valence electrons. The monoisotopic (exact) mass is 774 g/mol. The molecule has 1 heterocycles. The van der Waals surface area contributed by atoms with E-state index < -0.39 is 5.41 Å². The summed E-state index contributed by atoms with van der Waals surface area (Å²) in [6.45, 7) is 0.